The number of benzene rings is 1. The summed E-state index contributed by atoms with van der Waals surface area (Å²) in [4.78, 5) is 97.8. The van der Waals surface area contributed by atoms with Gasteiger partial charge in [0.1, 0.15) is 23.9 Å². The fraction of sp³-hybridized carbons (Fsp3) is 0.588. The number of thioether (sulfide) groups is 1. The van der Waals surface area contributed by atoms with Gasteiger partial charge in [0.05, 0.1) is 36.0 Å². The minimum atomic E-state index is -0.731. The molecule has 0 aromatic heterocycles. The van der Waals surface area contributed by atoms with Crippen LogP contribution in [-0.2, 0) is 56.1 Å². The largest absolute Gasteiger partial charge is 1.00 e. The van der Waals surface area contributed by atoms with Crippen LogP contribution in [0, 0.1) is 5.92 Å². The van der Waals surface area contributed by atoms with Crippen molar-refractivity contribution in [1.29, 1.82) is 0 Å². The van der Waals surface area contributed by atoms with Crippen molar-refractivity contribution < 1.29 is 101 Å². The SMILES string of the molecule is CC(=O)CCCCCNC(=O)CSC1CC(=O)N(CC(=O)NCCOCC(=O)[N-]Cc2ccc(CC(=O)C3CCCCC3=O)cc2)C1=O.[Rb+]. The van der Waals surface area contributed by atoms with Crippen LogP contribution in [0.3, 0.4) is 0 Å². The number of carbonyl (C=O) groups excluding carboxylic acids is 8. The van der Waals surface area contributed by atoms with E-state index in [9.17, 15) is 38.4 Å². The number of ether oxygens (including phenoxy) is 1. The minimum absolute atomic E-state index is 0. The van der Waals surface area contributed by atoms with Crippen molar-refractivity contribution in [2.24, 2.45) is 5.92 Å². The number of ketones is 3. The van der Waals surface area contributed by atoms with Crippen LogP contribution in [-0.4, -0.2) is 95.6 Å². The van der Waals surface area contributed by atoms with Crippen LogP contribution in [0.15, 0.2) is 24.3 Å². The van der Waals surface area contributed by atoms with Crippen molar-refractivity contribution in [3.05, 3.63) is 40.7 Å². The first-order chi connectivity index (χ1) is 23.0. The number of nitrogens with one attached hydrogen (secondary N) is 2. The Hall–Kier alpha value is -2.10. The molecule has 0 radical (unpaired) electrons. The monoisotopic (exact) mass is 770 g/mol. The fourth-order valence-corrected chi connectivity index (χ4v) is 6.32. The van der Waals surface area contributed by atoms with Gasteiger partial charge in [0, 0.05) is 38.8 Å². The number of unbranched alkanes of at least 4 members (excludes halogenated alkanes) is 2. The maximum atomic E-state index is 12.6. The summed E-state index contributed by atoms with van der Waals surface area (Å²) in [6.07, 6.45) is 5.85. The molecule has 49 heavy (non-hydrogen) atoms. The molecule has 15 heteroatoms. The summed E-state index contributed by atoms with van der Waals surface area (Å²) < 4.78 is 5.28. The van der Waals surface area contributed by atoms with Gasteiger partial charge in [-0.3, -0.25) is 33.7 Å². The molecule has 262 valence electrons. The quantitative estimate of drug-likeness (QED) is 0.0913. The Labute approximate surface area is 340 Å². The smallest absolute Gasteiger partial charge is 0.648 e. The summed E-state index contributed by atoms with van der Waals surface area (Å²) in [6, 6.07) is 7.17. The maximum Gasteiger partial charge on any atom is 1.00 e. The van der Waals surface area contributed by atoms with E-state index in [0.29, 0.717) is 25.8 Å². The average Bonchev–Trinajstić information content (AvgIpc) is 3.32. The molecule has 2 atom stereocenters. The van der Waals surface area contributed by atoms with Crippen LogP contribution >= 0.6 is 11.8 Å². The van der Waals surface area contributed by atoms with Gasteiger partial charge in [0.2, 0.25) is 23.6 Å². The predicted molar refractivity (Wildman–Crippen MR) is 178 cm³/mol. The van der Waals surface area contributed by atoms with E-state index in [0.717, 1.165) is 59.9 Å². The third-order valence-electron chi connectivity index (χ3n) is 8.02. The van der Waals surface area contributed by atoms with E-state index in [1.165, 1.54) is 0 Å². The van der Waals surface area contributed by atoms with E-state index in [1.54, 1.807) is 31.2 Å². The van der Waals surface area contributed by atoms with Crippen molar-refractivity contribution >= 4 is 58.6 Å². The summed E-state index contributed by atoms with van der Waals surface area (Å²) in [7, 11) is 0. The molecule has 1 aliphatic heterocycles. The van der Waals surface area contributed by atoms with Gasteiger partial charge in [0.25, 0.3) is 0 Å². The molecule has 0 bridgehead atoms. The summed E-state index contributed by atoms with van der Waals surface area (Å²) in [5.74, 6) is -2.63. The molecule has 1 aromatic rings. The Morgan fingerprint density at radius 1 is 0.939 bits per heavy atom. The second kappa shape index (κ2) is 23.4. The first-order valence-corrected chi connectivity index (χ1v) is 17.5. The van der Waals surface area contributed by atoms with Gasteiger partial charge in [0.15, 0.2) is 0 Å². The molecule has 1 saturated carbocycles. The number of likely N-dealkylation sites (tertiary alicyclic amines) is 1. The second-order valence-electron chi connectivity index (χ2n) is 12.0. The third kappa shape index (κ3) is 16.2. The third-order valence-corrected chi connectivity index (χ3v) is 9.22. The molecule has 2 unspecified atom stereocenters. The van der Waals surface area contributed by atoms with E-state index in [4.69, 9.17) is 4.74 Å². The van der Waals surface area contributed by atoms with Crippen LogP contribution in [0.1, 0.15) is 75.8 Å². The summed E-state index contributed by atoms with van der Waals surface area (Å²) in [5, 5.41) is 8.55. The molecule has 1 heterocycles. The number of carbonyl (C=O) groups is 8. The van der Waals surface area contributed by atoms with Crippen molar-refractivity contribution in [3.63, 3.8) is 0 Å². The Bertz CT molecular complexity index is 1340. The standard InChI is InChI=1S/C34H46N4O9S.Rb/c1-23(39)7-3-2-6-14-35-32(44)22-48-29-18-33(45)38(34(29)46)20-30(42)36-15-16-47-21-31(43)37-19-25-12-10-24(11-13-25)17-28(41)26-8-4-5-9-27(26)40;/h10-13,26,29H,2-9,14-22H2,1H3,(H3,35,36,37,42,43,44);/q;+1/p-1. The molecule has 13 nitrogen and oxygen atoms in total. The van der Waals surface area contributed by atoms with Crippen LogP contribution in [0.25, 0.3) is 5.32 Å². The Kier molecular flexibility index (Phi) is 20.6. The van der Waals surface area contributed by atoms with Crippen molar-refractivity contribution in [3.8, 4) is 0 Å². The minimum Gasteiger partial charge on any atom is -0.648 e. The van der Waals surface area contributed by atoms with E-state index in [-0.39, 0.29) is 126 Å². The number of rotatable bonds is 21. The molecule has 1 aromatic carbocycles. The molecule has 5 amide bonds. The first kappa shape index (κ1) is 43.1. The number of hydrogen-bond acceptors (Lipinski definition) is 10. The fourth-order valence-electron chi connectivity index (χ4n) is 5.34. The van der Waals surface area contributed by atoms with Gasteiger partial charge < -0.3 is 30.3 Å². The summed E-state index contributed by atoms with van der Waals surface area (Å²) in [6.45, 7) is 1.50. The first-order valence-electron chi connectivity index (χ1n) is 16.4. The van der Waals surface area contributed by atoms with Gasteiger partial charge in [-0.15, -0.1) is 18.3 Å². The summed E-state index contributed by atoms with van der Waals surface area (Å²) >= 11 is 1.06. The van der Waals surface area contributed by atoms with Crippen LogP contribution < -0.4 is 68.8 Å². The van der Waals surface area contributed by atoms with E-state index in [1.807, 2.05) is 0 Å². The molecule has 0 spiro atoms. The molecular weight excluding hydrogens is 726 g/mol. The second-order valence-corrected chi connectivity index (χ2v) is 13.2. The molecule has 3 rings (SSSR count). The molecule has 1 saturated heterocycles. The average molecular weight is 771 g/mol. The number of amides is 5. The van der Waals surface area contributed by atoms with E-state index >= 15 is 0 Å². The van der Waals surface area contributed by atoms with E-state index in [2.05, 4.69) is 16.0 Å². The number of hydrogen-bond donors (Lipinski definition) is 2. The van der Waals surface area contributed by atoms with Gasteiger partial charge >= 0.3 is 58.2 Å². The molecule has 2 N–H and O–H groups in total. The maximum absolute atomic E-state index is 12.6. The zero-order chi connectivity index (χ0) is 34.9. The van der Waals surface area contributed by atoms with Crippen LogP contribution in [0.2, 0.25) is 0 Å². The van der Waals surface area contributed by atoms with Crippen molar-refractivity contribution in [1.82, 2.24) is 15.5 Å². The van der Waals surface area contributed by atoms with Gasteiger partial charge in [-0.1, -0.05) is 42.7 Å². The number of nitrogens with zero attached hydrogens (tertiary/aromatic N) is 2. The van der Waals surface area contributed by atoms with E-state index < -0.39 is 41.3 Å². The van der Waals surface area contributed by atoms with Crippen molar-refractivity contribution in [2.75, 3.05) is 38.6 Å². The molecule has 1 aliphatic carbocycles. The zero-order valence-corrected chi connectivity index (χ0v) is 34.2. The number of Topliss-reactive ketones (excluding diaryl/α,β-unsaturated/α-hetero) is 3. The Balaban J connectivity index is 0.00000833. The Morgan fingerprint density at radius 3 is 2.37 bits per heavy atom. The van der Waals surface area contributed by atoms with Gasteiger partial charge in [-0.25, -0.2) is 0 Å². The molecule has 2 fully saturated rings. The molecular formula is C34H45N4O9RbS. The predicted octanol–water partition coefficient (Wildman–Crippen LogP) is -0.779. The Morgan fingerprint density at radius 2 is 1.65 bits per heavy atom. The van der Waals surface area contributed by atoms with Gasteiger partial charge in [-0.05, 0) is 38.2 Å². The summed E-state index contributed by atoms with van der Waals surface area (Å²) in [5.41, 5.74) is 1.59. The topological polar surface area (TPSA) is 187 Å². The van der Waals surface area contributed by atoms with Crippen LogP contribution in [0.5, 0.6) is 0 Å². The zero-order valence-electron chi connectivity index (χ0n) is 28.5. The van der Waals surface area contributed by atoms with Gasteiger partial charge in [-0.2, -0.15) is 0 Å². The van der Waals surface area contributed by atoms with Crippen LogP contribution in [0.4, 0.5) is 0 Å². The number of imide groups is 1. The molecule has 2 aliphatic rings. The van der Waals surface area contributed by atoms with Crippen molar-refractivity contribution in [2.45, 2.75) is 82.9 Å². The normalized spacial score (nSPS) is 17.3.